The maximum absolute atomic E-state index is 11.3. The minimum absolute atomic E-state index is 0. The van der Waals surface area contributed by atoms with Gasteiger partial charge in [-0.1, -0.05) is 6.42 Å². The van der Waals surface area contributed by atoms with E-state index in [1.807, 2.05) is 0 Å². The Labute approximate surface area is 119 Å². The summed E-state index contributed by atoms with van der Waals surface area (Å²) in [7, 11) is 0. The minimum atomic E-state index is -0.0144. The summed E-state index contributed by atoms with van der Waals surface area (Å²) in [6.45, 7) is 0. The second-order valence-electron chi connectivity index (χ2n) is 2.86. The second-order valence-corrected chi connectivity index (χ2v) is 3.91. The van der Waals surface area contributed by atoms with Gasteiger partial charge in [-0.15, -0.1) is 16.9 Å². The maximum Gasteiger partial charge on any atom is 0.0642 e. The molecule has 0 unspecified atom stereocenters. The number of ketones is 1. The molecule has 3 nitrogen and oxygen atoms in total. The molecule has 1 aromatic rings. The van der Waals surface area contributed by atoms with Gasteiger partial charge in [0, 0.05) is 46.6 Å². The van der Waals surface area contributed by atoms with Gasteiger partial charge in [-0.3, -0.25) is 11.3 Å². The number of hydrogen-bond donors (Lipinski definition) is 1. The Balaban J connectivity index is 0.000000980. The van der Waals surface area contributed by atoms with Crippen LogP contribution in [0.5, 0.6) is 0 Å². The van der Waals surface area contributed by atoms with Gasteiger partial charge in [0.15, 0.2) is 0 Å². The molecular formula is C9H7NO2Re2S-2. The summed E-state index contributed by atoms with van der Waals surface area (Å²) >= 11 is 1.18. The summed E-state index contributed by atoms with van der Waals surface area (Å²) < 4.78 is 0. The molecule has 1 aromatic heterocycles. The molecule has 1 aliphatic rings. The van der Waals surface area contributed by atoms with E-state index in [-0.39, 0.29) is 46.6 Å². The molecule has 0 aromatic carbocycles. The summed E-state index contributed by atoms with van der Waals surface area (Å²) in [6.07, 6.45) is 4.84. The van der Waals surface area contributed by atoms with Gasteiger partial charge in [0.05, 0.1) is 6.29 Å². The number of nitrogen functional groups attached to an aromatic ring is 1. The van der Waals surface area contributed by atoms with E-state index < -0.39 is 0 Å². The van der Waals surface area contributed by atoms with Crippen molar-refractivity contribution in [3.63, 3.8) is 0 Å². The van der Waals surface area contributed by atoms with Gasteiger partial charge in [-0.2, -0.15) is 6.42 Å². The Hall–Kier alpha value is 0.0347. The first-order valence-corrected chi connectivity index (χ1v) is 4.72. The monoisotopic (exact) mass is 567 g/mol. The molecule has 15 heavy (non-hydrogen) atoms. The number of Topliss-reactive ketones (excluding diaryl/α,β-unsaturated/α-hetero) is 1. The third-order valence-electron chi connectivity index (χ3n) is 2.08. The van der Waals surface area contributed by atoms with Crippen LogP contribution in [0.3, 0.4) is 0 Å². The number of carbonyl (C=O) groups is 1. The third kappa shape index (κ3) is 2.59. The van der Waals surface area contributed by atoms with Gasteiger partial charge in [0.25, 0.3) is 0 Å². The standard InChI is InChI=1S/C9H7NO2S.2Re/c10-9-6(4-11)5-2-1-3-7(12)8(5)13-9;;/h3H,1-2,10H2;;/q-2;;. The molecule has 0 spiro atoms. The normalized spacial score (nSPS) is 12.9. The molecule has 0 fully saturated rings. The van der Waals surface area contributed by atoms with Crippen LogP contribution < -0.4 is 5.73 Å². The van der Waals surface area contributed by atoms with E-state index in [1.165, 1.54) is 11.3 Å². The van der Waals surface area contributed by atoms with Crippen molar-refractivity contribution < 1.29 is 50.4 Å². The van der Waals surface area contributed by atoms with Crippen molar-refractivity contribution >= 4 is 28.4 Å². The van der Waals surface area contributed by atoms with Crippen molar-refractivity contribution in [2.45, 2.75) is 12.8 Å². The second kappa shape index (κ2) is 5.94. The molecule has 1 heterocycles. The first-order valence-electron chi connectivity index (χ1n) is 3.91. The van der Waals surface area contributed by atoms with Crippen molar-refractivity contribution in [1.82, 2.24) is 0 Å². The zero-order valence-corrected chi connectivity index (χ0v) is 13.8. The van der Waals surface area contributed by atoms with Crippen LogP contribution in [0.25, 0.3) is 0 Å². The fourth-order valence-electron chi connectivity index (χ4n) is 1.47. The van der Waals surface area contributed by atoms with E-state index in [9.17, 15) is 9.59 Å². The van der Waals surface area contributed by atoms with Gasteiger partial charge in [-0.25, -0.2) is 5.56 Å². The van der Waals surface area contributed by atoms with Crippen LogP contribution in [0.15, 0.2) is 0 Å². The summed E-state index contributed by atoms with van der Waals surface area (Å²) in [5.41, 5.74) is 6.76. The van der Waals surface area contributed by atoms with Crippen molar-refractivity contribution in [1.29, 1.82) is 0 Å². The topological polar surface area (TPSA) is 60.2 Å². The molecule has 0 amide bonds. The molecule has 0 saturated heterocycles. The molecule has 0 saturated carbocycles. The molecule has 1 aliphatic carbocycles. The molecular weight excluding hydrogens is 559 g/mol. The van der Waals surface area contributed by atoms with Crippen LogP contribution in [0.1, 0.15) is 27.2 Å². The molecule has 6 heteroatoms. The summed E-state index contributed by atoms with van der Waals surface area (Å²) in [5.74, 6) is -0.0144. The zero-order valence-electron chi connectivity index (χ0n) is 7.55. The zero-order chi connectivity index (χ0) is 9.42. The van der Waals surface area contributed by atoms with Crippen LogP contribution in [0, 0.1) is 6.42 Å². The van der Waals surface area contributed by atoms with Crippen LogP contribution >= 0.6 is 11.3 Å². The average molecular weight is 566 g/mol. The van der Waals surface area contributed by atoms with E-state index in [1.54, 1.807) is 12.7 Å². The number of hydrogen-bond acceptors (Lipinski definition) is 4. The van der Waals surface area contributed by atoms with Crippen molar-refractivity contribution in [2.75, 3.05) is 5.73 Å². The molecule has 2 rings (SSSR count). The summed E-state index contributed by atoms with van der Waals surface area (Å²) in [4.78, 5) is 22.5. The van der Waals surface area contributed by atoms with E-state index in [2.05, 4.69) is 0 Å². The Morgan fingerprint density at radius 2 is 2.07 bits per heavy atom. The predicted molar refractivity (Wildman–Crippen MR) is 50.5 cm³/mol. The number of anilines is 1. The van der Waals surface area contributed by atoms with Crippen molar-refractivity contribution in [2.24, 2.45) is 0 Å². The number of thiophene rings is 1. The summed E-state index contributed by atoms with van der Waals surface area (Å²) in [6, 6.07) is 0. The molecule has 2 N–H and O–H groups in total. The van der Waals surface area contributed by atoms with E-state index >= 15 is 0 Å². The fraction of sp³-hybridized carbons (Fsp3) is 0.222. The third-order valence-corrected chi connectivity index (χ3v) is 3.16. The largest absolute Gasteiger partial charge is 0.442 e. The van der Waals surface area contributed by atoms with Gasteiger partial charge in [0.2, 0.25) is 0 Å². The SMILES string of the molecule is Nc1sc2c(c1[C-]=O)CC[CH-]C2=O.[Re].[Re]. The maximum atomic E-state index is 11.3. The molecule has 82 valence electrons. The minimum Gasteiger partial charge on any atom is -0.442 e. The number of rotatable bonds is 1. The van der Waals surface area contributed by atoms with Gasteiger partial charge < -0.3 is 15.3 Å². The van der Waals surface area contributed by atoms with Crippen molar-refractivity contribution in [3.05, 3.63) is 22.4 Å². The Morgan fingerprint density at radius 3 is 2.67 bits per heavy atom. The van der Waals surface area contributed by atoms with E-state index in [0.717, 1.165) is 12.0 Å². The first-order chi connectivity index (χ1) is 6.24. The summed E-state index contributed by atoms with van der Waals surface area (Å²) in [5, 5.41) is 0.406. The molecule has 0 bridgehead atoms. The van der Waals surface area contributed by atoms with Crippen LogP contribution in [-0.4, -0.2) is 12.1 Å². The quantitative estimate of drug-likeness (QED) is 0.520. The molecule has 0 atom stereocenters. The number of fused-ring (bicyclic) bond motifs is 1. The van der Waals surface area contributed by atoms with Gasteiger partial charge >= 0.3 is 0 Å². The van der Waals surface area contributed by atoms with Crippen LogP contribution in [0.4, 0.5) is 5.00 Å². The smallest absolute Gasteiger partial charge is 0.0642 e. The van der Waals surface area contributed by atoms with Gasteiger partial charge in [-0.05, 0) is 5.00 Å². The van der Waals surface area contributed by atoms with Crippen LogP contribution in [0.2, 0.25) is 0 Å². The Bertz CT molecular complexity index is 390. The number of carbonyl (C=O) groups excluding carboxylic acids is 2. The average Bonchev–Trinajstić information content (AvgIpc) is 2.43. The number of nitrogens with two attached hydrogens (primary N) is 1. The Morgan fingerprint density at radius 1 is 1.40 bits per heavy atom. The Kier molecular flexibility index (Phi) is 5.95. The first kappa shape index (κ1) is 15.0. The van der Waals surface area contributed by atoms with Crippen molar-refractivity contribution in [3.8, 4) is 0 Å². The van der Waals surface area contributed by atoms with Crippen LogP contribution in [-0.2, 0) is 52.1 Å². The van der Waals surface area contributed by atoms with E-state index in [0.29, 0.717) is 21.9 Å². The van der Waals surface area contributed by atoms with Gasteiger partial charge in [0.1, 0.15) is 0 Å². The van der Waals surface area contributed by atoms with E-state index in [4.69, 9.17) is 5.73 Å². The molecule has 2 radical (unpaired) electrons. The fourth-order valence-corrected chi connectivity index (χ4v) is 2.47. The molecule has 0 aliphatic heterocycles. The predicted octanol–water partition coefficient (Wildman–Crippen LogP) is 1.12.